The van der Waals surface area contributed by atoms with E-state index in [2.05, 4.69) is 12.6 Å². The van der Waals surface area contributed by atoms with E-state index >= 15 is 0 Å². The van der Waals surface area contributed by atoms with Gasteiger partial charge in [0.05, 0.1) is 17.2 Å². The smallest absolute Gasteiger partial charge is 0.225 e. The topological polar surface area (TPSA) is 64.3 Å². The molecule has 2 atom stereocenters. The normalized spacial score (nSPS) is 18.6. The molecule has 1 aliphatic heterocycles. The van der Waals surface area contributed by atoms with Gasteiger partial charge in [-0.05, 0) is 56.6 Å². The first-order valence-electron chi connectivity index (χ1n) is 9.51. The number of hydrogen-bond donors (Lipinski definition) is 1. The van der Waals surface area contributed by atoms with Crippen molar-refractivity contribution in [2.75, 3.05) is 13.1 Å². The van der Waals surface area contributed by atoms with Gasteiger partial charge in [0, 0.05) is 19.0 Å². The molecule has 1 heterocycles. The Morgan fingerprint density at radius 2 is 2.12 bits per heavy atom. The van der Waals surface area contributed by atoms with Crippen LogP contribution in [0.1, 0.15) is 63.0 Å². The second kappa shape index (κ2) is 9.00. The van der Waals surface area contributed by atoms with Crippen LogP contribution in [0.5, 0.6) is 0 Å². The van der Waals surface area contributed by atoms with Gasteiger partial charge in [-0.2, -0.15) is 5.26 Å². The molecular weight excluding hydrogens is 324 g/mol. The molecule has 1 aliphatic rings. The van der Waals surface area contributed by atoms with Crippen molar-refractivity contribution in [3.63, 3.8) is 0 Å². The van der Waals surface area contributed by atoms with Crippen molar-refractivity contribution in [2.45, 2.75) is 57.5 Å². The molecule has 4 heteroatoms. The highest BCUT2D eigenvalue weighted by Gasteiger charge is 2.27. The van der Waals surface area contributed by atoms with E-state index in [1.54, 1.807) is 13.0 Å². The molecule has 26 heavy (non-hydrogen) atoms. The number of benzene rings is 1. The minimum absolute atomic E-state index is 0.0291. The highest BCUT2D eigenvalue weighted by Crippen LogP contribution is 2.31. The molecule has 2 unspecified atom stereocenters. The van der Waals surface area contributed by atoms with Gasteiger partial charge in [-0.1, -0.05) is 31.2 Å². The summed E-state index contributed by atoms with van der Waals surface area (Å²) in [4.78, 5) is 14.6. The van der Waals surface area contributed by atoms with Gasteiger partial charge in [-0.25, -0.2) is 0 Å². The van der Waals surface area contributed by atoms with Gasteiger partial charge < -0.3 is 10.0 Å². The molecule has 2 rings (SSSR count). The Morgan fingerprint density at radius 3 is 2.73 bits per heavy atom. The number of amides is 1. The Morgan fingerprint density at radius 1 is 1.46 bits per heavy atom. The molecule has 1 N–H and O–H groups in total. The van der Waals surface area contributed by atoms with E-state index in [9.17, 15) is 15.2 Å². The van der Waals surface area contributed by atoms with Crippen LogP contribution < -0.4 is 0 Å². The van der Waals surface area contributed by atoms with Crippen LogP contribution in [0.15, 0.2) is 36.9 Å². The van der Waals surface area contributed by atoms with E-state index in [0.29, 0.717) is 12.3 Å². The van der Waals surface area contributed by atoms with E-state index in [4.69, 9.17) is 0 Å². The fourth-order valence-corrected chi connectivity index (χ4v) is 3.67. The Kier molecular flexibility index (Phi) is 6.99. The number of likely N-dealkylation sites (tertiary alicyclic amines) is 1. The van der Waals surface area contributed by atoms with Crippen molar-refractivity contribution in [1.82, 2.24) is 4.90 Å². The molecule has 1 aromatic rings. The van der Waals surface area contributed by atoms with Crippen molar-refractivity contribution < 1.29 is 9.90 Å². The largest absolute Gasteiger partial charge is 0.386 e. The summed E-state index contributed by atoms with van der Waals surface area (Å²) in [5.41, 5.74) is 1.01. The summed E-state index contributed by atoms with van der Waals surface area (Å²) in [7, 11) is 0. The minimum atomic E-state index is -0.852. The van der Waals surface area contributed by atoms with Gasteiger partial charge >= 0.3 is 0 Å². The van der Waals surface area contributed by atoms with E-state index in [1.807, 2.05) is 36.1 Å². The molecule has 0 radical (unpaired) electrons. The third-order valence-electron chi connectivity index (χ3n) is 5.51. The van der Waals surface area contributed by atoms with Gasteiger partial charge in [0.25, 0.3) is 0 Å². The Labute approximate surface area is 157 Å². The molecule has 4 nitrogen and oxygen atoms in total. The van der Waals surface area contributed by atoms with Crippen LogP contribution in [-0.4, -0.2) is 34.6 Å². The number of carbonyl (C=O) groups excluding carboxylic acids is 1. The van der Waals surface area contributed by atoms with Crippen molar-refractivity contribution in [2.24, 2.45) is 5.92 Å². The number of nitrogens with zero attached hydrogens (tertiary/aromatic N) is 2. The van der Waals surface area contributed by atoms with Crippen LogP contribution in [0.4, 0.5) is 0 Å². The highest BCUT2D eigenvalue weighted by atomic mass is 16.3. The Bertz CT molecular complexity index is 667. The van der Waals surface area contributed by atoms with Crippen LogP contribution >= 0.6 is 0 Å². The average molecular weight is 354 g/mol. The predicted molar refractivity (Wildman–Crippen MR) is 104 cm³/mol. The number of rotatable bonds is 7. The average Bonchev–Trinajstić information content (AvgIpc) is 2.67. The first-order valence-corrected chi connectivity index (χ1v) is 9.51. The maximum Gasteiger partial charge on any atom is 0.225 e. The number of carbonyl (C=O) groups is 1. The van der Waals surface area contributed by atoms with Crippen molar-refractivity contribution in [3.8, 4) is 6.07 Å². The fraction of sp³-hybridized carbons (Fsp3) is 0.545. The summed E-state index contributed by atoms with van der Waals surface area (Å²) in [5, 5.41) is 19.2. The number of hydrogen-bond acceptors (Lipinski definition) is 3. The molecule has 1 aromatic carbocycles. The van der Waals surface area contributed by atoms with Crippen molar-refractivity contribution in [1.29, 1.82) is 5.26 Å². The third kappa shape index (κ3) is 5.19. The SMILES string of the molecule is C=CC(C)(O)CCCC(C)C(=O)N1CCC(c2ccccc2C#N)CC1. The fourth-order valence-electron chi connectivity index (χ4n) is 3.67. The first kappa shape index (κ1) is 20.2. The molecule has 0 saturated carbocycles. The second-order valence-electron chi connectivity index (χ2n) is 7.65. The van der Waals surface area contributed by atoms with Crippen molar-refractivity contribution >= 4 is 5.91 Å². The lowest BCUT2D eigenvalue weighted by atomic mass is 9.86. The van der Waals surface area contributed by atoms with E-state index < -0.39 is 5.60 Å². The summed E-state index contributed by atoms with van der Waals surface area (Å²) in [6.07, 6.45) is 5.58. The summed E-state index contributed by atoms with van der Waals surface area (Å²) < 4.78 is 0. The van der Waals surface area contributed by atoms with Gasteiger partial charge in [-0.15, -0.1) is 6.58 Å². The highest BCUT2D eigenvalue weighted by molar-refractivity contribution is 5.78. The third-order valence-corrected chi connectivity index (χ3v) is 5.51. The van der Waals surface area contributed by atoms with E-state index in [1.165, 1.54) is 0 Å². The molecule has 0 aromatic heterocycles. The number of piperidine rings is 1. The standard InChI is InChI=1S/C22H30N2O2/c1-4-22(3,26)13-7-8-17(2)21(25)24-14-11-18(12-15-24)20-10-6-5-9-19(20)16-23/h4-6,9-10,17-18,26H,1,7-8,11-15H2,2-3H3. The van der Waals surface area contributed by atoms with E-state index in [-0.39, 0.29) is 11.8 Å². The molecule has 1 saturated heterocycles. The minimum Gasteiger partial charge on any atom is -0.386 e. The summed E-state index contributed by atoms with van der Waals surface area (Å²) >= 11 is 0. The summed E-state index contributed by atoms with van der Waals surface area (Å²) in [5.74, 6) is 0.529. The van der Waals surface area contributed by atoms with Crippen LogP contribution in [0.3, 0.4) is 0 Å². The molecule has 1 fully saturated rings. The monoisotopic (exact) mass is 354 g/mol. The molecule has 0 aliphatic carbocycles. The molecule has 0 bridgehead atoms. The second-order valence-corrected chi connectivity index (χ2v) is 7.65. The van der Waals surface area contributed by atoms with Crippen LogP contribution in [0, 0.1) is 17.2 Å². The van der Waals surface area contributed by atoms with Gasteiger partial charge in [0.15, 0.2) is 0 Å². The zero-order valence-electron chi connectivity index (χ0n) is 15.9. The lowest BCUT2D eigenvalue weighted by molar-refractivity contribution is -0.136. The summed E-state index contributed by atoms with van der Waals surface area (Å²) in [6.45, 7) is 8.85. The lowest BCUT2D eigenvalue weighted by Crippen LogP contribution is -2.40. The maximum atomic E-state index is 12.7. The Balaban J connectivity index is 1.84. The quantitative estimate of drug-likeness (QED) is 0.753. The summed E-state index contributed by atoms with van der Waals surface area (Å²) in [6, 6.07) is 10.1. The van der Waals surface area contributed by atoms with Crippen LogP contribution in [0.2, 0.25) is 0 Å². The molecule has 1 amide bonds. The van der Waals surface area contributed by atoms with Crippen LogP contribution in [-0.2, 0) is 4.79 Å². The van der Waals surface area contributed by atoms with E-state index in [0.717, 1.165) is 49.9 Å². The first-order chi connectivity index (χ1) is 12.4. The van der Waals surface area contributed by atoms with Gasteiger partial charge in [0.1, 0.15) is 0 Å². The zero-order chi connectivity index (χ0) is 19.2. The molecular formula is C22H30N2O2. The van der Waals surface area contributed by atoms with Gasteiger partial charge in [0.2, 0.25) is 5.91 Å². The molecule has 0 spiro atoms. The Hall–Kier alpha value is -2.12. The maximum absolute atomic E-state index is 12.7. The zero-order valence-corrected chi connectivity index (χ0v) is 15.9. The lowest BCUT2D eigenvalue weighted by Gasteiger charge is -2.34. The van der Waals surface area contributed by atoms with Crippen molar-refractivity contribution in [3.05, 3.63) is 48.0 Å². The molecule has 140 valence electrons. The number of nitriles is 1. The van der Waals surface area contributed by atoms with Crippen LogP contribution in [0.25, 0.3) is 0 Å². The number of aliphatic hydroxyl groups is 1. The van der Waals surface area contributed by atoms with Gasteiger partial charge in [-0.3, -0.25) is 4.79 Å². The predicted octanol–water partition coefficient (Wildman–Crippen LogP) is 4.01.